The Morgan fingerprint density at radius 3 is 2.59 bits per heavy atom. The maximum Gasteiger partial charge on any atom is 0.293 e. The number of anilines is 1. The summed E-state index contributed by atoms with van der Waals surface area (Å²) in [7, 11) is -3.53. The molecule has 0 radical (unpaired) electrons. The molecule has 2 N–H and O–H groups in total. The largest absolute Gasteiger partial charge is 0.378 e. The van der Waals surface area contributed by atoms with Crippen LogP contribution < -0.4 is 10.6 Å². The van der Waals surface area contributed by atoms with Gasteiger partial charge in [-0.1, -0.05) is 18.2 Å². The molecule has 1 aliphatic rings. The number of carbonyl (C=O) groups is 1. The third-order valence-corrected chi connectivity index (χ3v) is 5.99. The van der Waals surface area contributed by atoms with E-state index in [1.165, 1.54) is 23.3 Å². The van der Waals surface area contributed by atoms with Gasteiger partial charge in [0.1, 0.15) is 5.69 Å². The van der Waals surface area contributed by atoms with E-state index in [0.29, 0.717) is 0 Å². The summed E-state index contributed by atoms with van der Waals surface area (Å²) < 4.78 is 23.2. The highest BCUT2D eigenvalue weighted by atomic mass is 32.2. The van der Waals surface area contributed by atoms with Crippen LogP contribution >= 0.6 is 0 Å². The van der Waals surface area contributed by atoms with E-state index in [9.17, 15) is 23.3 Å². The smallest absolute Gasteiger partial charge is 0.293 e. The normalized spacial score (nSPS) is 13.0. The Morgan fingerprint density at radius 2 is 1.86 bits per heavy atom. The van der Waals surface area contributed by atoms with E-state index in [-0.39, 0.29) is 41.7 Å². The van der Waals surface area contributed by atoms with Crippen molar-refractivity contribution in [2.45, 2.75) is 30.6 Å². The zero-order valence-electron chi connectivity index (χ0n) is 16.1. The van der Waals surface area contributed by atoms with E-state index in [2.05, 4.69) is 22.8 Å². The molecule has 1 aliphatic carbocycles. The summed E-state index contributed by atoms with van der Waals surface area (Å²) in [4.78, 5) is 22.6. The molecule has 0 unspecified atom stereocenters. The van der Waals surface area contributed by atoms with Gasteiger partial charge in [-0.15, -0.1) is 0 Å². The Bertz CT molecular complexity index is 1050. The minimum atomic E-state index is -3.53. The molecule has 9 heteroatoms. The average Bonchev–Trinajstić information content (AvgIpc) is 3.12. The number of hydrogen-bond donors (Lipinski definition) is 2. The third kappa shape index (κ3) is 5.32. The fraction of sp³-hybridized carbons (Fsp3) is 0.350. The van der Waals surface area contributed by atoms with Crippen molar-refractivity contribution >= 4 is 27.1 Å². The number of benzene rings is 2. The molecule has 0 bridgehead atoms. The Morgan fingerprint density at radius 1 is 1.10 bits per heavy atom. The van der Waals surface area contributed by atoms with Gasteiger partial charge in [-0.05, 0) is 48.1 Å². The summed E-state index contributed by atoms with van der Waals surface area (Å²) in [5.41, 5.74) is 3.54. The summed E-state index contributed by atoms with van der Waals surface area (Å²) in [5, 5.41) is 16.9. The Kier molecular flexibility index (Phi) is 6.17. The number of nitrogens with zero attached hydrogens (tertiary/aromatic N) is 1. The number of hydrogen-bond acceptors (Lipinski definition) is 6. The molecule has 2 aromatic rings. The molecule has 3 rings (SSSR count). The number of sulfone groups is 1. The highest BCUT2D eigenvalue weighted by molar-refractivity contribution is 7.90. The van der Waals surface area contributed by atoms with Crippen molar-refractivity contribution in [1.82, 2.24) is 5.32 Å². The van der Waals surface area contributed by atoms with Crippen molar-refractivity contribution < 1.29 is 18.1 Å². The first-order valence-corrected chi connectivity index (χ1v) is 11.2. The first kappa shape index (κ1) is 20.8. The molecule has 0 spiro atoms. The van der Waals surface area contributed by atoms with Crippen LogP contribution in [0.25, 0.3) is 0 Å². The maximum atomic E-state index is 12.1. The molecular formula is C20H23N3O5S. The van der Waals surface area contributed by atoms with Gasteiger partial charge in [0.15, 0.2) is 9.84 Å². The lowest BCUT2D eigenvalue weighted by atomic mass is 10.0. The fourth-order valence-electron chi connectivity index (χ4n) is 3.42. The lowest BCUT2D eigenvalue weighted by Crippen LogP contribution is -2.30. The van der Waals surface area contributed by atoms with Crippen LogP contribution in [-0.2, 0) is 33.9 Å². The minimum Gasteiger partial charge on any atom is -0.378 e. The number of nitrogens with one attached hydrogen (secondary N) is 2. The third-order valence-electron chi connectivity index (χ3n) is 4.88. The standard InChI is InChI=1S/C20H23N3O5S/c1-29(27,28)17-7-8-18(19(13-17)23(25)26)21-9-10-22-20(24)12-14-5-6-15-3-2-4-16(15)11-14/h5-8,11,13,21H,2-4,9-10,12H2,1H3,(H,22,24). The Hall–Kier alpha value is -2.94. The van der Waals surface area contributed by atoms with Crippen LogP contribution in [0.5, 0.6) is 0 Å². The van der Waals surface area contributed by atoms with E-state index in [0.717, 1.165) is 37.1 Å². The van der Waals surface area contributed by atoms with Gasteiger partial charge in [0.2, 0.25) is 5.91 Å². The van der Waals surface area contributed by atoms with E-state index in [4.69, 9.17) is 0 Å². The first-order chi connectivity index (χ1) is 13.7. The van der Waals surface area contributed by atoms with Crippen LogP contribution in [0, 0.1) is 10.1 Å². The number of carbonyl (C=O) groups excluding carboxylic acids is 1. The van der Waals surface area contributed by atoms with Crippen LogP contribution in [0.2, 0.25) is 0 Å². The van der Waals surface area contributed by atoms with Crippen LogP contribution in [0.15, 0.2) is 41.3 Å². The number of nitro groups is 1. The molecule has 0 saturated carbocycles. The number of aryl methyl sites for hydroxylation is 2. The van der Waals surface area contributed by atoms with Crippen molar-refractivity contribution in [3.63, 3.8) is 0 Å². The molecule has 0 aromatic heterocycles. The van der Waals surface area contributed by atoms with Crippen molar-refractivity contribution in [1.29, 1.82) is 0 Å². The molecule has 0 fully saturated rings. The zero-order chi connectivity index (χ0) is 21.0. The predicted molar refractivity (Wildman–Crippen MR) is 110 cm³/mol. The molecule has 0 heterocycles. The summed E-state index contributed by atoms with van der Waals surface area (Å²) >= 11 is 0. The van der Waals surface area contributed by atoms with Gasteiger partial charge in [0.05, 0.1) is 16.2 Å². The molecule has 0 atom stereocenters. The van der Waals surface area contributed by atoms with Gasteiger partial charge in [0.25, 0.3) is 5.69 Å². The maximum absolute atomic E-state index is 12.1. The molecule has 29 heavy (non-hydrogen) atoms. The highest BCUT2D eigenvalue weighted by Crippen LogP contribution is 2.27. The lowest BCUT2D eigenvalue weighted by Gasteiger charge is -2.10. The zero-order valence-corrected chi connectivity index (χ0v) is 16.9. The topological polar surface area (TPSA) is 118 Å². The van der Waals surface area contributed by atoms with Crippen LogP contribution in [0.4, 0.5) is 11.4 Å². The van der Waals surface area contributed by atoms with Gasteiger partial charge in [-0.2, -0.15) is 0 Å². The molecule has 2 aromatic carbocycles. The number of fused-ring (bicyclic) bond motifs is 1. The second kappa shape index (κ2) is 8.60. The monoisotopic (exact) mass is 417 g/mol. The summed E-state index contributed by atoms with van der Waals surface area (Å²) in [5.74, 6) is -0.119. The van der Waals surface area contributed by atoms with Crippen molar-refractivity contribution in [2.24, 2.45) is 0 Å². The molecule has 154 valence electrons. The molecule has 0 saturated heterocycles. The van der Waals surface area contributed by atoms with Crippen LogP contribution in [0.3, 0.4) is 0 Å². The van der Waals surface area contributed by atoms with E-state index in [1.807, 2.05) is 6.07 Å². The molecule has 0 aliphatic heterocycles. The second-order valence-electron chi connectivity index (χ2n) is 7.12. The van der Waals surface area contributed by atoms with Crippen molar-refractivity contribution in [2.75, 3.05) is 24.7 Å². The van der Waals surface area contributed by atoms with E-state index >= 15 is 0 Å². The number of rotatable bonds is 8. The van der Waals surface area contributed by atoms with Gasteiger partial charge in [0, 0.05) is 25.4 Å². The lowest BCUT2D eigenvalue weighted by molar-refractivity contribution is -0.384. The predicted octanol–water partition coefficient (Wildman–Crippen LogP) is 2.26. The number of amides is 1. The fourth-order valence-corrected chi connectivity index (χ4v) is 4.07. The SMILES string of the molecule is CS(=O)(=O)c1ccc(NCCNC(=O)Cc2ccc3c(c2)CCC3)c([N+](=O)[O-])c1. The van der Waals surface area contributed by atoms with Crippen molar-refractivity contribution in [3.05, 3.63) is 63.2 Å². The number of nitro benzene ring substituents is 1. The van der Waals surface area contributed by atoms with E-state index < -0.39 is 14.8 Å². The second-order valence-corrected chi connectivity index (χ2v) is 9.13. The van der Waals surface area contributed by atoms with Crippen molar-refractivity contribution in [3.8, 4) is 0 Å². The van der Waals surface area contributed by atoms with Gasteiger partial charge < -0.3 is 10.6 Å². The van der Waals surface area contributed by atoms with Crippen LogP contribution in [0.1, 0.15) is 23.1 Å². The molecule has 1 amide bonds. The van der Waals surface area contributed by atoms with Gasteiger partial charge in [-0.3, -0.25) is 14.9 Å². The quantitative estimate of drug-likeness (QED) is 0.386. The Balaban J connectivity index is 1.52. The van der Waals surface area contributed by atoms with Gasteiger partial charge >= 0.3 is 0 Å². The average molecular weight is 417 g/mol. The minimum absolute atomic E-state index is 0.114. The highest BCUT2D eigenvalue weighted by Gasteiger charge is 2.18. The summed E-state index contributed by atoms with van der Waals surface area (Å²) in [6.45, 7) is 0.559. The molecular weight excluding hydrogens is 394 g/mol. The van der Waals surface area contributed by atoms with Crippen LogP contribution in [-0.4, -0.2) is 38.6 Å². The first-order valence-electron chi connectivity index (χ1n) is 9.34. The van der Waals surface area contributed by atoms with E-state index in [1.54, 1.807) is 0 Å². The summed E-state index contributed by atoms with van der Waals surface area (Å²) in [6, 6.07) is 9.87. The summed E-state index contributed by atoms with van der Waals surface area (Å²) in [6.07, 6.45) is 4.61. The Labute approximate surface area is 169 Å². The van der Waals surface area contributed by atoms with Gasteiger partial charge in [-0.25, -0.2) is 8.42 Å². The molecule has 8 nitrogen and oxygen atoms in total.